The fourth-order valence-electron chi connectivity index (χ4n) is 1.68. The van der Waals surface area contributed by atoms with Crippen molar-refractivity contribution < 1.29 is 9.53 Å². The summed E-state index contributed by atoms with van der Waals surface area (Å²) in [6.07, 6.45) is 0. The largest absolute Gasteiger partial charge is 0.484 e. The fraction of sp³-hybridized carbons (Fsp3) is 0.0625. The van der Waals surface area contributed by atoms with Gasteiger partial charge in [-0.1, -0.05) is 18.2 Å². The summed E-state index contributed by atoms with van der Waals surface area (Å²) in [5.74, 6) is 0.0674. The van der Waals surface area contributed by atoms with Crippen LogP contribution in [0.3, 0.4) is 0 Å². The highest BCUT2D eigenvalue weighted by Gasteiger charge is 2.07. The lowest BCUT2D eigenvalue weighted by Gasteiger charge is -2.08. The van der Waals surface area contributed by atoms with Gasteiger partial charge in [0.25, 0.3) is 5.91 Å². The third kappa shape index (κ3) is 3.82. The second-order valence-electron chi connectivity index (χ2n) is 4.13. The quantitative estimate of drug-likeness (QED) is 0.930. The zero-order chi connectivity index (χ0) is 15.1. The van der Waals surface area contributed by atoms with Crippen LogP contribution in [0.4, 0.5) is 5.69 Å². The standard InChI is InChI=1S/C16H11N3O2/c17-9-12-4-3-6-14(8-12)21-11-16(20)19-15-7-2-1-5-13(15)10-18/h1-8H,11H2,(H,19,20). The van der Waals surface area contributed by atoms with Gasteiger partial charge in [-0.05, 0) is 30.3 Å². The molecule has 0 aliphatic heterocycles. The highest BCUT2D eigenvalue weighted by Crippen LogP contribution is 2.15. The average Bonchev–Trinajstić information content (AvgIpc) is 2.53. The molecule has 0 heterocycles. The molecule has 21 heavy (non-hydrogen) atoms. The van der Waals surface area contributed by atoms with Crippen LogP contribution >= 0.6 is 0 Å². The van der Waals surface area contributed by atoms with E-state index in [1.54, 1.807) is 48.5 Å². The van der Waals surface area contributed by atoms with Gasteiger partial charge in [-0.3, -0.25) is 4.79 Å². The Labute approximate surface area is 122 Å². The van der Waals surface area contributed by atoms with Gasteiger partial charge in [0.1, 0.15) is 11.8 Å². The summed E-state index contributed by atoms with van der Waals surface area (Å²) >= 11 is 0. The third-order valence-electron chi connectivity index (χ3n) is 2.65. The molecule has 0 saturated carbocycles. The van der Waals surface area contributed by atoms with E-state index in [4.69, 9.17) is 15.3 Å². The number of hydrogen-bond donors (Lipinski definition) is 1. The van der Waals surface area contributed by atoms with Crippen molar-refractivity contribution in [2.75, 3.05) is 11.9 Å². The van der Waals surface area contributed by atoms with Gasteiger partial charge >= 0.3 is 0 Å². The van der Waals surface area contributed by atoms with Crippen LogP contribution in [0.2, 0.25) is 0 Å². The maximum atomic E-state index is 11.8. The van der Waals surface area contributed by atoms with Gasteiger partial charge in [-0.15, -0.1) is 0 Å². The summed E-state index contributed by atoms with van der Waals surface area (Å²) in [6.45, 7) is -0.200. The van der Waals surface area contributed by atoms with Crippen molar-refractivity contribution >= 4 is 11.6 Å². The van der Waals surface area contributed by atoms with Gasteiger partial charge in [-0.25, -0.2) is 0 Å². The number of anilines is 1. The Morgan fingerprint density at radius 1 is 1.10 bits per heavy atom. The molecule has 102 valence electrons. The summed E-state index contributed by atoms with van der Waals surface area (Å²) in [7, 11) is 0. The molecule has 0 saturated heterocycles. The zero-order valence-corrected chi connectivity index (χ0v) is 11.0. The second-order valence-corrected chi connectivity index (χ2v) is 4.13. The van der Waals surface area contributed by atoms with Gasteiger partial charge in [0.15, 0.2) is 6.61 Å². The SMILES string of the molecule is N#Cc1cccc(OCC(=O)Nc2ccccc2C#N)c1. The summed E-state index contributed by atoms with van der Waals surface area (Å²) in [5.41, 5.74) is 1.29. The van der Waals surface area contributed by atoms with Crippen molar-refractivity contribution in [2.45, 2.75) is 0 Å². The summed E-state index contributed by atoms with van der Waals surface area (Å²) in [5, 5.41) is 20.3. The Hall–Kier alpha value is -3.31. The van der Waals surface area contributed by atoms with Crippen molar-refractivity contribution in [3.63, 3.8) is 0 Å². The Bertz CT molecular complexity index is 742. The van der Waals surface area contributed by atoms with Crippen LogP contribution < -0.4 is 10.1 Å². The molecule has 0 aliphatic rings. The molecular weight excluding hydrogens is 266 g/mol. The number of hydrogen-bond acceptors (Lipinski definition) is 4. The number of amides is 1. The van der Waals surface area contributed by atoms with Crippen molar-refractivity contribution in [3.8, 4) is 17.9 Å². The van der Waals surface area contributed by atoms with Crippen molar-refractivity contribution in [3.05, 3.63) is 59.7 Å². The molecule has 0 bridgehead atoms. The van der Waals surface area contributed by atoms with Crippen LogP contribution in [0.25, 0.3) is 0 Å². The van der Waals surface area contributed by atoms with E-state index >= 15 is 0 Å². The molecule has 1 amide bonds. The van der Waals surface area contributed by atoms with E-state index in [0.29, 0.717) is 22.6 Å². The molecule has 5 heteroatoms. The molecule has 2 rings (SSSR count). The van der Waals surface area contributed by atoms with Crippen LogP contribution in [0.5, 0.6) is 5.75 Å². The Morgan fingerprint density at radius 2 is 1.90 bits per heavy atom. The number of ether oxygens (including phenoxy) is 1. The third-order valence-corrected chi connectivity index (χ3v) is 2.65. The Morgan fingerprint density at radius 3 is 2.67 bits per heavy atom. The normalized spacial score (nSPS) is 9.24. The second kappa shape index (κ2) is 6.74. The van der Waals surface area contributed by atoms with Gasteiger partial charge in [-0.2, -0.15) is 10.5 Å². The predicted molar refractivity (Wildman–Crippen MR) is 76.4 cm³/mol. The molecule has 0 radical (unpaired) electrons. The molecule has 0 aromatic heterocycles. The minimum Gasteiger partial charge on any atom is -0.484 e. The first-order valence-electron chi connectivity index (χ1n) is 6.15. The van der Waals surface area contributed by atoms with E-state index in [1.807, 2.05) is 12.1 Å². The molecule has 2 aromatic carbocycles. The molecule has 5 nitrogen and oxygen atoms in total. The number of rotatable bonds is 4. The first kappa shape index (κ1) is 14.1. The average molecular weight is 277 g/mol. The number of nitriles is 2. The van der Waals surface area contributed by atoms with Crippen LogP contribution in [-0.2, 0) is 4.79 Å². The predicted octanol–water partition coefficient (Wildman–Crippen LogP) is 2.45. The van der Waals surface area contributed by atoms with E-state index in [9.17, 15) is 4.79 Å². The first-order chi connectivity index (χ1) is 10.2. The molecule has 1 N–H and O–H groups in total. The number of nitrogens with zero attached hydrogens (tertiary/aromatic N) is 2. The number of benzene rings is 2. The van der Waals surface area contributed by atoms with Crippen LogP contribution in [-0.4, -0.2) is 12.5 Å². The Kier molecular flexibility index (Phi) is 4.53. The first-order valence-corrected chi connectivity index (χ1v) is 6.15. The minimum absolute atomic E-state index is 0.200. The molecule has 0 unspecified atom stereocenters. The van der Waals surface area contributed by atoms with E-state index in [0.717, 1.165) is 0 Å². The van der Waals surface area contributed by atoms with Gasteiger partial charge < -0.3 is 10.1 Å². The topological polar surface area (TPSA) is 85.9 Å². The van der Waals surface area contributed by atoms with Crippen molar-refractivity contribution in [1.29, 1.82) is 10.5 Å². The number of para-hydroxylation sites is 1. The summed E-state index contributed by atoms with van der Waals surface area (Å²) in [6, 6.07) is 17.2. The smallest absolute Gasteiger partial charge is 0.262 e. The maximum absolute atomic E-state index is 11.8. The molecule has 2 aromatic rings. The molecule has 0 atom stereocenters. The Balaban J connectivity index is 1.96. The minimum atomic E-state index is -0.375. The lowest BCUT2D eigenvalue weighted by Crippen LogP contribution is -2.20. The zero-order valence-electron chi connectivity index (χ0n) is 11.0. The van der Waals surface area contributed by atoms with E-state index < -0.39 is 0 Å². The molecule has 0 aliphatic carbocycles. The molecular formula is C16H11N3O2. The lowest BCUT2D eigenvalue weighted by molar-refractivity contribution is -0.118. The molecule has 0 fully saturated rings. The number of carbonyl (C=O) groups excluding carboxylic acids is 1. The van der Waals surface area contributed by atoms with Crippen LogP contribution in [0.15, 0.2) is 48.5 Å². The summed E-state index contributed by atoms with van der Waals surface area (Å²) < 4.78 is 5.31. The lowest BCUT2D eigenvalue weighted by atomic mass is 10.2. The number of nitrogens with one attached hydrogen (secondary N) is 1. The van der Waals surface area contributed by atoms with E-state index in [2.05, 4.69) is 5.32 Å². The highest BCUT2D eigenvalue weighted by molar-refractivity contribution is 5.93. The summed E-state index contributed by atoms with van der Waals surface area (Å²) in [4.78, 5) is 11.8. The van der Waals surface area contributed by atoms with Crippen LogP contribution in [0.1, 0.15) is 11.1 Å². The van der Waals surface area contributed by atoms with Crippen molar-refractivity contribution in [2.24, 2.45) is 0 Å². The van der Waals surface area contributed by atoms with Gasteiger partial charge in [0, 0.05) is 0 Å². The molecule has 0 spiro atoms. The van der Waals surface area contributed by atoms with E-state index in [-0.39, 0.29) is 12.5 Å². The highest BCUT2D eigenvalue weighted by atomic mass is 16.5. The van der Waals surface area contributed by atoms with Gasteiger partial charge in [0.2, 0.25) is 0 Å². The number of carbonyl (C=O) groups is 1. The monoisotopic (exact) mass is 277 g/mol. The maximum Gasteiger partial charge on any atom is 0.262 e. The van der Waals surface area contributed by atoms with Crippen molar-refractivity contribution in [1.82, 2.24) is 0 Å². The van der Waals surface area contributed by atoms with E-state index in [1.165, 1.54) is 0 Å². The fourth-order valence-corrected chi connectivity index (χ4v) is 1.68. The van der Waals surface area contributed by atoms with Gasteiger partial charge in [0.05, 0.1) is 22.9 Å². The van der Waals surface area contributed by atoms with Crippen LogP contribution in [0, 0.1) is 22.7 Å².